The lowest BCUT2D eigenvalue weighted by molar-refractivity contribution is -0.138. The number of hydrogen-bond donors (Lipinski definition) is 2. The molecule has 2 N–H and O–H groups in total. The highest BCUT2D eigenvalue weighted by molar-refractivity contribution is 8.01. The van der Waals surface area contributed by atoms with Crippen molar-refractivity contribution in [2.24, 2.45) is 5.92 Å². The minimum Gasteiger partial charge on any atom is -0.352 e. The van der Waals surface area contributed by atoms with E-state index in [9.17, 15) is 9.59 Å². The Morgan fingerprint density at radius 1 is 1.24 bits per heavy atom. The molecule has 1 saturated carbocycles. The maximum Gasteiger partial charge on any atom is 0.238 e. The second kappa shape index (κ2) is 8.30. The Morgan fingerprint density at radius 3 is 2.56 bits per heavy atom. The van der Waals surface area contributed by atoms with Crippen molar-refractivity contribution >= 4 is 23.6 Å². The molecule has 2 saturated heterocycles. The van der Waals surface area contributed by atoms with Gasteiger partial charge >= 0.3 is 0 Å². The molecule has 142 valence electrons. The lowest BCUT2D eigenvalue weighted by atomic mass is 9.87. The molecule has 0 aromatic heterocycles. The molecular formula is C19H33N3O2S. The van der Waals surface area contributed by atoms with Crippen LogP contribution in [0.2, 0.25) is 0 Å². The standard InChI is InChI=1S/C19H33N3O2S/c1-3-14(2)20-17(23)16-13-25-19(21-16)9-11-22(12-10-19)18(24)15-7-5-4-6-8-15/h14-16,21H,3-13H2,1-2H3,(H,20,23)/t14-,16+/m0/s1. The van der Waals surface area contributed by atoms with Crippen molar-refractivity contribution in [2.45, 2.75) is 82.2 Å². The summed E-state index contributed by atoms with van der Waals surface area (Å²) in [7, 11) is 0. The van der Waals surface area contributed by atoms with Crippen molar-refractivity contribution in [1.29, 1.82) is 0 Å². The number of hydrogen-bond acceptors (Lipinski definition) is 4. The number of piperidine rings is 1. The van der Waals surface area contributed by atoms with Crippen LogP contribution in [-0.2, 0) is 9.59 Å². The topological polar surface area (TPSA) is 61.4 Å². The van der Waals surface area contributed by atoms with E-state index in [2.05, 4.69) is 22.5 Å². The van der Waals surface area contributed by atoms with E-state index in [0.29, 0.717) is 5.91 Å². The third-order valence-corrected chi connectivity index (χ3v) is 7.70. The number of carbonyl (C=O) groups is 2. The van der Waals surface area contributed by atoms with Crippen LogP contribution >= 0.6 is 11.8 Å². The molecule has 3 aliphatic rings. The van der Waals surface area contributed by atoms with Crippen LogP contribution in [0.5, 0.6) is 0 Å². The molecule has 0 bridgehead atoms. The van der Waals surface area contributed by atoms with Gasteiger partial charge in [0, 0.05) is 30.8 Å². The van der Waals surface area contributed by atoms with E-state index in [1.165, 1.54) is 19.3 Å². The quantitative estimate of drug-likeness (QED) is 0.801. The smallest absolute Gasteiger partial charge is 0.238 e. The zero-order chi connectivity index (χ0) is 17.9. The highest BCUT2D eigenvalue weighted by Crippen LogP contribution is 2.40. The first-order chi connectivity index (χ1) is 12.0. The second-order valence-corrected chi connectivity index (χ2v) is 9.38. The van der Waals surface area contributed by atoms with Gasteiger partial charge in [0.05, 0.1) is 10.9 Å². The molecule has 0 unspecified atom stereocenters. The summed E-state index contributed by atoms with van der Waals surface area (Å²) in [6.45, 7) is 5.79. The van der Waals surface area contributed by atoms with E-state index in [1.54, 1.807) is 0 Å². The molecule has 6 heteroatoms. The van der Waals surface area contributed by atoms with Gasteiger partial charge in [0.25, 0.3) is 0 Å². The van der Waals surface area contributed by atoms with Crippen LogP contribution in [0.4, 0.5) is 0 Å². The normalized spacial score (nSPS) is 28.1. The third kappa shape index (κ3) is 4.51. The summed E-state index contributed by atoms with van der Waals surface area (Å²) in [6, 6.07) is 0.130. The first kappa shape index (κ1) is 19.0. The molecule has 2 heterocycles. The second-order valence-electron chi connectivity index (χ2n) is 7.98. The number of likely N-dealkylation sites (tertiary alicyclic amines) is 1. The van der Waals surface area contributed by atoms with E-state index in [-0.39, 0.29) is 28.8 Å². The molecule has 3 rings (SSSR count). The summed E-state index contributed by atoms with van der Waals surface area (Å²) in [5, 5.41) is 6.67. The lowest BCUT2D eigenvalue weighted by Gasteiger charge is -2.40. The van der Waals surface area contributed by atoms with Gasteiger partial charge in [0.15, 0.2) is 0 Å². The number of carbonyl (C=O) groups excluding carboxylic acids is 2. The van der Waals surface area contributed by atoms with Crippen LogP contribution < -0.4 is 10.6 Å². The minimum absolute atomic E-state index is 0.0131. The van der Waals surface area contributed by atoms with Crippen LogP contribution in [0, 0.1) is 5.92 Å². The van der Waals surface area contributed by atoms with Gasteiger partial charge in [-0.25, -0.2) is 0 Å². The first-order valence-corrected chi connectivity index (χ1v) is 11.0. The predicted molar refractivity (Wildman–Crippen MR) is 102 cm³/mol. The Kier molecular flexibility index (Phi) is 6.31. The zero-order valence-electron chi connectivity index (χ0n) is 15.7. The molecule has 0 radical (unpaired) electrons. The lowest BCUT2D eigenvalue weighted by Crippen LogP contribution is -2.55. The summed E-state index contributed by atoms with van der Waals surface area (Å²) < 4.78 is 0. The Hall–Kier alpha value is -0.750. The van der Waals surface area contributed by atoms with Gasteiger partial charge in [0.2, 0.25) is 11.8 Å². The van der Waals surface area contributed by atoms with Gasteiger partial charge < -0.3 is 10.2 Å². The van der Waals surface area contributed by atoms with Gasteiger partial charge in [0.1, 0.15) is 0 Å². The molecule has 2 amide bonds. The Labute approximate surface area is 156 Å². The monoisotopic (exact) mass is 367 g/mol. The Morgan fingerprint density at radius 2 is 1.92 bits per heavy atom. The maximum absolute atomic E-state index is 12.7. The number of nitrogens with one attached hydrogen (secondary N) is 2. The zero-order valence-corrected chi connectivity index (χ0v) is 16.5. The molecule has 25 heavy (non-hydrogen) atoms. The molecule has 5 nitrogen and oxygen atoms in total. The van der Waals surface area contributed by atoms with E-state index in [4.69, 9.17) is 0 Å². The van der Waals surface area contributed by atoms with Crippen LogP contribution in [0.3, 0.4) is 0 Å². The number of rotatable bonds is 4. The van der Waals surface area contributed by atoms with Crippen LogP contribution in [0.25, 0.3) is 0 Å². The van der Waals surface area contributed by atoms with Crippen molar-refractivity contribution < 1.29 is 9.59 Å². The first-order valence-electron chi connectivity index (χ1n) is 10.0. The van der Waals surface area contributed by atoms with Crippen molar-refractivity contribution in [3.8, 4) is 0 Å². The Balaban J connectivity index is 1.48. The fourth-order valence-electron chi connectivity index (χ4n) is 4.22. The van der Waals surface area contributed by atoms with Gasteiger partial charge in [-0.15, -0.1) is 11.8 Å². The average molecular weight is 368 g/mol. The van der Waals surface area contributed by atoms with E-state index in [0.717, 1.165) is 50.9 Å². The number of nitrogens with zero attached hydrogens (tertiary/aromatic N) is 1. The molecule has 2 aliphatic heterocycles. The largest absolute Gasteiger partial charge is 0.352 e. The summed E-state index contributed by atoms with van der Waals surface area (Å²) in [4.78, 5) is 27.2. The van der Waals surface area contributed by atoms with Gasteiger partial charge in [-0.05, 0) is 39.0 Å². The van der Waals surface area contributed by atoms with Crippen LogP contribution in [0.15, 0.2) is 0 Å². The third-order valence-electron chi connectivity index (χ3n) is 6.12. The number of thioether (sulfide) groups is 1. The summed E-state index contributed by atoms with van der Waals surface area (Å²) in [5.41, 5.74) is 0. The molecule has 0 aromatic rings. The minimum atomic E-state index is -0.0976. The number of amides is 2. The SMILES string of the molecule is CC[C@H](C)NC(=O)[C@H]1CSC2(CCN(C(=O)C3CCCCC3)CC2)N1. The maximum atomic E-state index is 12.7. The van der Waals surface area contributed by atoms with Crippen molar-refractivity contribution in [3.63, 3.8) is 0 Å². The van der Waals surface area contributed by atoms with Gasteiger partial charge in [-0.3, -0.25) is 14.9 Å². The molecule has 2 atom stereocenters. The van der Waals surface area contributed by atoms with Gasteiger partial charge in [-0.1, -0.05) is 26.2 Å². The van der Waals surface area contributed by atoms with Crippen molar-refractivity contribution in [2.75, 3.05) is 18.8 Å². The summed E-state index contributed by atoms with van der Waals surface area (Å²) >= 11 is 1.88. The van der Waals surface area contributed by atoms with Crippen LogP contribution in [0.1, 0.15) is 65.2 Å². The van der Waals surface area contributed by atoms with E-state index >= 15 is 0 Å². The molecule has 1 aliphatic carbocycles. The fraction of sp³-hybridized carbons (Fsp3) is 0.895. The fourth-order valence-corrected chi connectivity index (χ4v) is 5.63. The highest BCUT2D eigenvalue weighted by Gasteiger charge is 2.45. The van der Waals surface area contributed by atoms with Crippen LogP contribution in [-0.4, -0.2) is 52.5 Å². The van der Waals surface area contributed by atoms with E-state index in [1.807, 2.05) is 18.7 Å². The molecular weight excluding hydrogens is 334 g/mol. The molecule has 0 aromatic carbocycles. The van der Waals surface area contributed by atoms with Crippen molar-refractivity contribution in [3.05, 3.63) is 0 Å². The summed E-state index contributed by atoms with van der Waals surface area (Å²) in [5.74, 6) is 1.60. The van der Waals surface area contributed by atoms with E-state index < -0.39 is 0 Å². The van der Waals surface area contributed by atoms with Crippen molar-refractivity contribution in [1.82, 2.24) is 15.5 Å². The van der Waals surface area contributed by atoms with Gasteiger partial charge in [-0.2, -0.15) is 0 Å². The predicted octanol–water partition coefficient (Wildman–Crippen LogP) is 2.51. The average Bonchev–Trinajstić information content (AvgIpc) is 3.06. The highest BCUT2D eigenvalue weighted by atomic mass is 32.2. The summed E-state index contributed by atoms with van der Waals surface area (Å²) in [6.07, 6.45) is 8.70. The molecule has 3 fully saturated rings. The Bertz CT molecular complexity index is 485. The molecule has 1 spiro atoms.